The van der Waals surface area contributed by atoms with Crippen LogP contribution in [-0.4, -0.2) is 34.1 Å². The fourth-order valence-electron chi connectivity index (χ4n) is 3.43. The number of methoxy groups -OCH3 is 1. The standard InChI is InChI=1S/C23H26N4O4/c1-15(2)31-19-8-4-16(5-9-19)12-24-23(28)22-20-14-30-21(13-27(20)26-25-22)17-6-10-18(29-3)11-7-17/h4-11,15,21H,12-14H2,1-3H3,(H,24,28)/t21-/m0/s1. The summed E-state index contributed by atoms with van der Waals surface area (Å²) in [5.41, 5.74) is 2.98. The second kappa shape index (κ2) is 9.18. The molecule has 1 amide bonds. The summed E-state index contributed by atoms with van der Waals surface area (Å²) >= 11 is 0. The maximum atomic E-state index is 12.7. The zero-order chi connectivity index (χ0) is 21.8. The molecule has 1 atom stereocenters. The Bertz CT molecular complexity index is 1030. The van der Waals surface area contributed by atoms with E-state index < -0.39 is 0 Å². The maximum Gasteiger partial charge on any atom is 0.274 e. The summed E-state index contributed by atoms with van der Waals surface area (Å²) in [6, 6.07) is 15.4. The van der Waals surface area contributed by atoms with Crippen LogP contribution in [0.5, 0.6) is 11.5 Å². The van der Waals surface area contributed by atoms with Gasteiger partial charge >= 0.3 is 0 Å². The minimum atomic E-state index is -0.268. The van der Waals surface area contributed by atoms with E-state index in [1.807, 2.05) is 62.4 Å². The normalized spacial score (nSPS) is 15.4. The molecule has 0 saturated heterocycles. The zero-order valence-electron chi connectivity index (χ0n) is 17.9. The van der Waals surface area contributed by atoms with E-state index in [9.17, 15) is 4.79 Å². The van der Waals surface area contributed by atoms with Crippen molar-refractivity contribution in [1.82, 2.24) is 20.3 Å². The van der Waals surface area contributed by atoms with Gasteiger partial charge in [-0.1, -0.05) is 29.5 Å². The van der Waals surface area contributed by atoms with E-state index in [4.69, 9.17) is 14.2 Å². The molecule has 1 N–H and O–H groups in total. The molecule has 4 rings (SSSR count). The number of aromatic nitrogens is 3. The molecule has 0 radical (unpaired) electrons. The largest absolute Gasteiger partial charge is 0.497 e. The van der Waals surface area contributed by atoms with Crippen molar-refractivity contribution >= 4 is 5.91 Å². The van der Waals surface area contributed by atoms with Crippen molar-refractivity contribution < 1.29 is 19.0 Å². The third-order valence-corrected chi connectivity index (χ3v) is 5.05. The van der Waals surface area contributed by atoms with Crippen LogP contribution in [0.3, 0.4) is 0 Å². The van der Waals surface area contributed by atoms with Gasteiger partial charge in [0.05, 0.1) is 32.1 Å². The van der Waals surface area contributed by atoms with Gasteiger partial charge in [-0.2, -0.15) is 0 Å². The average Bonchev–Trinajstić information content (AvgIpc) is 3.21. The molecule has 2 aromatic carbocycles. The molecule has 1 aliphatic heterocycles. The summed E-state index contributed by atoms with van der Waals surface area (Å²) in [6.45, 7) is 5.13. The smallest absolute Gasteiger partial charge is 0.274 e. The van der Waals surface area contributed by atoms with Gasteiger partial charge in [0.1, 0.15) is 17.6 Å². The van der Waals surface area contributed by atoms with Gasteiger partial charge in [-0.3, -0.25) is 4.79 Å². The summed E-state index contributed by atoms with van der Waals surface area (Å²) in [6.07, 6.45) is -0.0285. The van der Waals surface area contributed by atoms with Gasteiger partial charge in [-0.15, -0.1) is 5.10 Å². The number of ether oxygens (including phenoxy) is 3. The lowest BCUT2D eigenvalue weighted by Crippen LogP contribution is -2.27. The lowest BCUT2D eigenvalue weighted by atomic mass is 10.1. The number of carbonyl (C=O) groups is 1. The number of rotatable bonds is 7. The molecule has 2 heterocycles. The first-order valence-corrected chi connectivity index (χ1v) is 10.2. The second-order valence-electron chi connectivity index (χ2n) is 7.63. The van der Waals surface area contributed by atoms with Crippen LogP contribution in [0.15, 0.2) is 48.5 Å². The van der Waals surface area contributed by atoms with Crippen LogP contribution in [0.25, 0.3) is 0 Å². The van der Waals surface area contributed by atoms with Gasteiger partial charge in [0.2, 0.25) is 0 Å². The molecule has 162 valence electrons. The van der Waals surface area contributed by atoms with Crippen molar-refractivity contribution in [1.29, 1.82) is 0 Å². The number of hydrogen-bond acceptors (Lipinski definition) is 6. The van der Waals surface area contributed by atoms with Gasteiger partial charge in [0, 0.05) is 6.54 Å². The number of hydrogen-bond donors (Lipinski definition) is 1. The monoisotopic (exact) mass is 422 g/mol. The minimum absolute atomic E-state index is 0.122. The zero-order valence-corrected chi connectivity index (χ0v) is 17.9. The molecule has 8 nitrogen and oxygen atoms in total. The van der Waals surface area contributed by atoms with Crippen LogP contribution in [-0.2, 0) is 24.4 Å². The summed E-state index contributed by atoms with van der Waals surface area (Å²) in [5.74, 6) is 1.33. The van der Waals surface area contributed by atoms with E-state index in [0.717, 1.165) is 22.6 Å². The number of amides is 1. The fourth-order valence-corrected chi connectivity index (χ4v) is 3.43. The molecular weight excluding hydrogens is 396 g/mol. The molecule has 8 heteroatoms. The molecule has 0 spiro atoms. The molecule has 0 fully saturated rings. The Balaban J connectivity index is 1.37. The molecule has 31 heavy (non-hydrogen) atoms. The van der Waals surface area contributed by atoms with Gasteiger partial charge in [0.25, 0.3) is 5.91 Å². The Morgan fingerprint density at radius 2 is 1.87 bits per heavy atom. The number of carbonyl (C=O) groups excluding carboxylic acids is 1. The SMILES string of the molecule is COc1ccc([C@@H]2Cn3nnc(C(=O)NCc4ccc(OC(C)C)cc4)c3CO2)cc1. The molecule has 1 aromatic heterocycles. The lowest BCUT2D eigenvalue weighted by Gasteiger charge is -2.24. The third-order valence-electron chi connectivity index (χ3n) is 5.05. The third kappa shape index (κ3) is 4.86. The Morgan fingerprint density at radius 1 is 1.16 bits per heavy atom. The van der Waals surface area contributed by atoms with Gasteiger partial charge < -0.3 is 19.5 Å². The Hall–Kier alpha value is -3.39. The van der Waals surface area contributed by atoms with E-state index in [0.29, 0.717) is 24.5 Å². The van der Waals surface area contributed by atoms with Crippen molar-refractivity contribution in [2.45, 2.75) is 45.8 Å². The molecule has 3 aromatic rings. The van der Waals surface area contributed by atoms with Crippen LogP contribution in [0.2, 0.25) is 0 Å². The summed E-state index contributed by atoms with van der Waals surface area (Å²) in [4.78, 5) is 12.7. The lowest BCUT2D eigenvalue weighted by molar-refractivity contribution is -0.00179. The van der Waals surface area contributed by atoms with E-state index in [1.54, 1.807) is 11.8 Å². The van der Waals surface area contributed by atoms with Gasteiger partial charge in [0.15, 0.2) is 5.69 Å². The van der Waals surface area contributed by atoms with Crippen molar-refractivity contribution in [2.24, 2.45) is 0 Å². The summed E-state index contributed by atoms with van der Waals surface area (Å²) < 4.78 is 18.6. The van der Waals surface area contributed by atoms with Crippen LogP contribution in [0, 0.1) is 0 Å². The van der Waals surface area contributed by atoms with Crippen molar-refractivity contribution in [2.75, 3.05) is 7.11 Å². The highest BCUT2D eigenvalue weighted by atomic mass is 16.5. The highest BCUT2D eigenvalue weighted by Gasteiger charge is 2.27. The Labute approximate surface area is 181 Å². The summed E-state index contributed by atoms with van der Waals surface area (Å²) in [5, 5.41) is 11.2. The minimum Gasteiger partial charge on any atom is -0.497 e. The molecule has 0 bridgehead atoms. The molecule has 0 aliphatic carbocycles. The topological polar surface area (TPSA) is 87.5 Å². The van der Waals surface area contributed by atoms with Crippen molar-refractivity contribution in [3.05, 3.63) is 71.0 Å². The van der Waals surface area contributed by atoms with Crippen LogP contribution in [0.4, 0.5) is 0 Å². The molecule has 1 aliphatic rings. The Kier molecular flexibility index (Phi) is 6.18. The van der Waals surface area contributed by atoms with Crippen LogP contribution < -0.4 is 14.8 Å². The highest BCUT2D eigenvalue weighted by Crippen LogP contribution is 2.28. The predicted molar refractivity (Wildman–Crippen MR) is 114 cm³/mol. The summed E-state index contributed by atoms with van der Waals surface area (Å²) in [7, 11) is 1.64. The van der Waals surface area contributed by atoms with Gasteiger partial charge in [-0.05, 0) is 49.2 Å². The van der Waals surface area contributed by atoms with E-state index in [-0.39, 0.29) is 24.7 Å². The molecule has 0 unspecified atom stereocenters. The Morgan fingerprint density at radius 3 is 2.55 bits per heavy atom. The quantitative estimate of drug-likeness (QED) is 0.629. The first-order valence-electron chi connectivity index (χ1n) is 10.2. The van der Waals surface area contributed by atoms with E-state index >= 15 is 0 Å². The first kappa shape index (κ1) is 20.9. The van der Waals surface area contributed by atoms with Crippen molar-refractivity contribution in [3.8, 4) is 11.5 Å². The number of benzene rings is 2. The van der Waals surface area contributed by atoms with Crippen LogP contribution >= 0.6 is 0 Å². The first-order chi connectivity index (χ1) is 15.0. The van der Waals surface area contributed by atoms with Crippen molar-refractivity contribution in [3.63, 3.8) is 0 Å². The average molecular weight is 422 g/mol. The number of fused-ring (bicyclic) bond motifs is 1. The number of nitrogens with one attached hydrogen (secondary N) is 1. The van der Waals surface area contributed by atoms with E-state index in [1.165, 1.54) is 0 Å². The van der Waals surface area contributed by atoms with E-state index in [2.05, 4.69) is 15.6 Å². The highest BCUT2D eigenvalue weighted by molar-refractivity contribution is 5.93. The second-order valence-corrected chi connectivity index (χ2v) is 7.63. The molecular formula is C23H26N4O4. The van der Waals surface area contributed by atoms with Crippen LogP contribution in [0.1, 0.15) is 47.3 Å². The maximum absolute atomic E-state index is 12.7. The fraction of sp³-hybridized carbons (Fsp3) is 0.348. The predicted octanol–water partition coefficient (Wildman–Crippen LogP) is 3.28. The number of nitrogens with zero attached hydrogens (tertiary/aromatic N) is 3. The molecule has 0 saturated carbocycles. The van der Waals surface area contributed by atoms with Gasteiger partial charge in [-0.25, -0.2) is 4.68 Å².